The summed E-state index contributed by atoms with van der Waals surface area (Å²) in [5.41, 5.74) is 14.6. The van der Waals surface area contributed by atoms with E-state index in [1.165, 1.54) is 12.8 Å². The maximum absolute atomic E-state index is 7.29. The molecular weight excluding hydrogens is 549 g/mol. The number of halogens is 2. The van der Waals surface area contributed by atoms with Crippen molar-refractivity contribution in [2.45, 2.75) is 37.8 Å². The van der Waals surface area contributed by atoms with Crippen molar-refractivity contribution in [3.05, 3.63) is 11.5 Å². The predicted molar refractivity (Wildman–Crippen MR) is 62.7 cm³/mol. The summed E-state index contributed by atoms with van der Waals surface area (Å²) in [4.78, 5) is 0. The molecule has 1 aliphatic rings. The van der Waals surface area contributed by atoms with E-state index < -0.39 is 0 Å². The van der Waals surface area contributed by atoms with Gasteiger partial charge < -0.3 is 11.5 Å². The van der Waals surface area contributed by atoms with Gasteiger partial charge in [0.25, 0.3) is 0 Å². The van der Waals surface area contributed by atoms with E-state index in [1.807, 2.05) is 0 Å². The summed E-state index contributed by atoms with van der Waals surface area (Å²) in [5.74, 6) is 0. The van der Waals surface area contributed by atoms with E-state index in [0.717, 1.165) is 12.8 Å². The molecule has 0 amide bonds. The van der Waals surface area contributed by atoms with Crippen LogP contribution in [0.1, 0.15) is 25.7 Å². The zero-order chi connectivity index (χ0) is 8.69. The third-order valence-electron chi connectivity index (χ3n) is 1.77. The van der Waals surface area contributed by atoms with Gasteiger partial charge in [-0.3, -0.25) is 0 Å². The Morgan fingerprint density at radius 1 is 1.00 bits per heavy atom. The Kier molecular flexibility index (Phi) is 10.3. The van der Waals surface area contributed by atoms with E-state index in [4.69, 9.17) is 11.5 Å². The fraction of sp³-hybridized carbons (Fsp3) is 1.00. The first-order chi connectivity index (χ1) is 5.22. The van der Waals surface area contributed by atoms with Gasteiger partial charge in [-0.2, -0.15) is 12.1 Å². The van der Waals surface area contributed by atoms with Gasteiger partial charge in [0.05, 0.1) is 0 Å². The molecule has 0 spiro atoms. The van der Waals surface area contributed by atoms with Crippen LogP contribution in [0.15, 0.2) is 0 Å². The van der Waals surface area contributed by atoms with Crippen molar-refractivity contribution in [2.75, 3.05) is 0 Å². The molecule has 1 unspecified atom stereocenters. The molecule has 0 aromatic carbocycles. The van der Waals surface area contributed by atoms with E-state index in [2.05, 4.69) is 38.7 Å². The smallest absolute Gasteiger partial charge is 0.0548 e. The molecule has 1 saturated carbocycles. The summed E-state index contributed by atoms with van der Waals surface area (Å²) in [5, 5.41) is 0. The van der Waals surface area contributed by atoms with Crippen LogP contribution in [-0.2, 0) is 11.2 Å². The van der Waals surface area contributed by atoms with Crippen molar-refractivity contribution in [2.24, 2.45) is 0 Å². The second kappa shape index (κ2) is 8.66. The summed E-state index contributed by atoms with van der Waals surface area (Å²) in [6.07, 6.45) is 4.25. The average Bonchev–Trinajstić information content (AvgIpc) is 1.97. The molecule has 0 aliphatic heterocycles. The minimum absolute atomic E-state index is 0.0799. The van der Waals surface area contributed by atoms with E-state index in [1.54, 1.807) is 0 Å². The Hall–Kier alpha value is 2.07. The van der Waals surface area contributed by atoms with Crippen molar-refractivity contribution in [1.29, 1.82) is 0 Å². The van der Waals surface area contributed by atoms with Crippen LogP contribution in [-0.4, -0.2) is 12.1 Å². The molecule has 0 aromatic heterocycles. The minimum atomic E-state index is -0.0799. The van der Waals surface area contributed by atoms with E-state index in [0.29, 0.717) is 11.2 Å². The molecule has 1 fully saturated rings. The fourth-order valence-electron chi connectivity index (χ4n) is 1.13. The fourth-order valence-corrected chi connectivity index (χ4v) is 1.13. The minimum Gasteiger partial charge on any atom is -0.676 e. The molecule has 1 rings (SSSR count). The number of nitrogens with one attached hydrogen (secondary N) is 2. The second-order valence-electron chi connectivity index (χ2n) is 2.54. The first-order valence-electron chi connectivity index (χ1n) is 3.47. The summed E-state index contributed by atoms with van der Waals surface area (Å²) < 4.78 is 0. The maximum atomic E-state index is 7.29. The van der Waals surface area contributed by atoms with Crippen LogP contribution in [0.2, 0.25) is 0 Å². The molecule has 70 valence electrons. The molecule has 0 radical (unpaired) electrons. The quantitative estimate of drug-likeness (QED) is 0.399. The second-order valence-corrected chi connectivity index (χ2v) is 19.1. The normalized spacial score (nSPS) is 30.9. The third kappa shape index (κ3) is 7.16. The van der Waals surface area contributed by atoms with Crippen LogP contribution in [0.25, 0.3) is 11.5 Å². The van der Waals surface area contributed by atoms with E-state index in [-0.39, 0.29) is 12.1 Å². The molecular formula is C6H12I2N2Pt. The Balaban J connectivity index is 0.000000292. The zero-order valence-corrected chi connectivity index (χ0v) is 12.6. The molecule has 0 bridgehead atoms. The number of hydrogen-bond donors (Lipinski definition) is 0. The summed E-state index contributed by atoms with van der Waals surface area (Å²) in [7, 11) is 0. The van der Waals surface area contributed by atoms with Crippen molar-refractivity contribution >= 4 is 38.7 Å². The van der Waals surface area contributed by atoms with E-state index in [9.17, 15) is 0 Å². The topological polar surface area (TPSA) is 47.6 Å². The van der Waals surface area contributed by atoms with Gasteiger partial charge in [-0.05, 0) is 0 Å². The summed E-state index contributed by atoms with van der Waals surface area (Å²) >= 11 is 5.30. The molecule has 5 heteroatoms. The summed E-state index contributed by atoms with van der Waals surface area (Å²) in [6, 6.07) is -0.160. The molecule has 2 nitrogen and oxygen atoms in total. The first-order valence-corrected chi connectivity index (χ1v) is 16.4. The monoisotopic (exact) mass is 561 g/mol. The number of hydrogen-bond acceptors (Lipinski definition) is 0. The number of rotatable bonds is 0. The average molecular weight is 561 g/mol. The largest absolute Gasteiger partial charge is 0.676 e. The molecule has 0 aromatic rings. The third-order valence-corrected chi connectivity index (χ3v) is 1.77. The van der Waals surface area contributed by atoms with Crippen LogP contribution in [0.5, 0.6) is 0 Å². The van der Waals surface area contributed by atoms with Gasteiger partial charge in [0.1, 0.15) is 0 Å². The molecule has 11 heavy (non-hydrogen) atoms. The van der Waals surface area contributed by atoms with Crippen LogP contribution in [0.4, 0.5) is 0 Å². The summed E-state index contributed by atoms with van der Waals surface area (Å²) in [6.45, 7) is 0. The van der Waals surface area contributed by atoms with Gasteiger partial charge in [-0.25, -0.2) is 0 Å². The van der Waals surface area contributed by atoms with Crippen LogP contribution >= 0.6 is 38.7 Å². The van der Waals surface area contributed by atoms with Crippen molar-refractivity contribution < 1.29 is 11.2 Å². The van der Waals surface area contributed by atoms with Crippen LogP contribution in [0.3, 0.4) is 0 Å². The Morgan fingerprint density at radius 2 is 1.27 bits per heavy atom. The Morgan fingerprint density at radius 3 is 1.45 bits per heavy atom. The molecule has 1 aliphatic carbocycles. The van der Waals surface area contributed by atoms with E-state index >= 15 is 0 Å². The maximum Gasteiger partial charge on any atom is -0.0548 e. The Labute approximate surface area is 97.8 Å². The van der Waals surface area contributed by atoms with Gasteiger partial charge in [0.15, 0.2) is 0 Å². The van der Waals surface area contributed by atoms with Gasteiger partial charge in [-0.15, -0.1) is 0 Å². The van der Waals surface area contributed by atoms with Crippen LogP contribution in [0, 0.1) is 0 Å². The first kappa shape index (κ1) is 13.1. The molecule has 0 saturated heterocycles. The SMILES string of the molecule is [I][Pt+2][I].[NH-]C1CCCC[C@@H]1[NH-]. The molecule has 0 heterocycles. The van der Waals surface area contributed by atoms with Gasteiger partial charge in [0, 0.05) is 0 Å². The van der Waals surface area contributed by atoms with Crippen molar-refractivity contribution in [3.63, 3.8) is 0 Å². The predicted octanol–water partition coefficient (Wildman–Crippen LogP) is 4.17. The standard InChI is InChI=1S/C6H12N2.2HI.Pt/c7-5-3-1-2-4-6(5)8;;;/h5-8H,1-4H2;2*1H;/q-2;;;+4/p-2/t5-,6?;;;/m0.../s1. The van der Waals surface area contributed by atoms with Crippen LogP contribution < -0.4 is 0 Å². The molecule has 2 atom stereocenters. The van der Waals surface area contributed by atoms with Gasteiger partial charge >= 0.3 is 49.9 Å². The molecule has 2 N–H and O–H groups in total. The van der Waals surface area contributed by atoms with Gasteiger partial charge in [-0.1, -0.05) is 25.7 Å². The Bertz CT molecular complexity index is 84.7. The van der Waals surface area contributed by atoms with Crippen molar-refractivity contribution in [1.82, 2.24) is 0 Å². The zero-order valence-electron chi connectivity index (χ0n) is 6.06. The van der Waals surface area contributed by atoms with Gasteiger partial charge in [0.2, 0.25) is 0 Å². The van der Waals surface area contributed by atoms with Crippen molar-refractivity contribution in [3.8, 4) is 0 Å².